The highest BCUT2D eigenvalue weighted by Gasteiger charge is 2.11. The summed E-state index contributed by atoms with van der Waals surface area (Å²) in [5, 5.41) is 0.156. The molecule has 0 unspecified atom stereocenters. The van der Waals surface area contributed by atoms with Crippen LogP contribution in [-0.4, -0.2) is 0 Å². The van der Waals surface area contributed by atoms with Crippen LogP contribution in [0.25, 0.3) is 0 Å². The third-order valence-corrected chi connectivity index (χ3v) is 2.38. The summed E-state index contributed by atoms with van der Waals surface area (Å²) in [6.45, 7) is 2.03. The van der Waals surface area contributed by atoms with Crippen LogP contribution < -0.4 is 5.73 Å². The highest BCUT2D eigenvalue weighted by atomic mass is 35.5. The summed E-state index contributed by atoms with van der Waals surface area (Å²) in [6, 6.07) is 4.58. The number of hydrogen-bond acceptors (Lipinski definition) is 1. The second-order valence-electron chi connectivity index (χ2n) is 3.04. The Morgan fingerprint density at radius 3 is 2.85 bits per heavy atom. The molecule has 1 nitrogen and oxygen atoms in total. The molecule has 0 aromatic heterocycles. The Kier molecular flexibility index (Phi) is 3.70. The van der Waals surface area contributed by atoms with E-state index in [2.05, 4.69) is 0 Å². The fourth-order valence-corrected chi connectivity index (χ4v) is 1.54. The molecule has 0 saturated heterocycles. The molecule has 2 N–H and O–H groups in total. The molecule has 0 spiro atoms. The molecule has 1 aromatic carbocycles. The normalized spacial score (nSPS) is 12.9. The second kappa shape index (κ2) is 4.58. The lowest BCUT2D eigenvalue weighted by Gasteiger charge is -2.12. The molecule has 0 radical (unpaired) electrons. The van der Waals surface area contributed by atoms with E-state index in [4.69, 9.17) is 17.3 Å². The summed E-state index contributed by atoms with van der Waals surface area (Å²) in [6.07, 6.45) is 1.79. The fraction of sp³-hybridized carbons (Fsp3) is 0.400. The monoisotopic (exact) mass is 201 g/mol. The number of rotatable bonds is 3. The van der Waals surface area contributed by atoms with Gasteiger partial charge in [-0.3, -0.25) is 0 Å². The standard InChI is InChI=1S/C10H13ClFN/c1-2-4-9(13)7-5-3-6-8(12)10(7)11/h3,5-6,9H,2,4,13H2,1H3/t9-/m1/s1. The van der Waals surface area contributed by atoms with Crippen LogP contribution >= 0.6 is 11.6 Å². The Morgan fingerprint density at radius 2 is 2.23 bits per heavy atom. The Balaban J connectivity index is 2.93. The molecule has 1 atom stereocenters. The largest absolute Gasteiger partial charge is 0.324 e. The molecule has 0 bridgehead atoms. The van der Waals surface area contributed by atoms with E-state index in [9.17, 15) is 4.39 Å². The van der Waals surface area contributed by atoms with Gasteiger partial charge in [0.2, 0.25) is 0 Å². The molecule has 0 aliphatic heterocycles. The molecule has 0 aliphatic carbocycles. The van der Waals surface area contributed by atoms with Crippen molar-refractivity contribution in [1.29, 1.82) is 0 Å². The van der Waals surface area contributed by atoms with Crippen LogP contribution in [0.4, 0.5) is 4.39 Å². The number of benzene rings is 1. The summed E-state index contributed by atoms with van der Waals surface area (Å²) in [4.78, 5) is 0. The molecule has 1 aromatic rings. The molecular formula is C10H13ClFN. The van der Waals surface area contributed by atoms with Crippen LogP contribution in [0.1, 0.15) is 31.4 Å². The van der Waals surface area contributed by atoms with Crippen LogP contribution in [0, 0.1) is 5.82 Å². The van der Waals surface area contributed by atoms with Gasteiger partial charge in [-0.1, -0.05) is 37.1 Å². The molecule has 0 fully saturated rings. The fourth-order valence-electron chi connectivity index (χ4n) is 1.27. The van der Waals surface area contributed by atoms with E-state index in [1.807, 2.05) is 6.92 Å². The highest BCUT2D eigenvalue weighted by molar-refractivity contribution is 6.31. The smallest absolute Gasteiger partial charge is 0.142 e. The van der Waals surface area contributed by atoms with Crippen molar-refractivity contribution < 1.29 is 4.39 Å². The number of hydrogen-bond donors (Lipinski definition) is 1. The first kappa shape index (κ1) is 10.5. The van der Waals surface area contributed by atoms with Gasteiger partial charge < -0.3 is 5.73 Å². The van der Waals surface area contributed by atoms with Crippen LogP contribution in [0.15, 0.2) is 18.2 Å². The number of nitrogens with two attached hydrogens (primary N) is 1. The van der Waals surface area contributed by atoms with Crippen molar-refractivity contribution >= 4 is 11.6 Å². The van der Waals surface area contributed by atoms with Crippen molar-refractivity contribution in [2.24, 2.45) is 5.73 Å². The van der Waals surface area contributed by atoms with Gasteiger partial charge in [0.1, 0.15) is 5.82 Å². The van der Waals surface area contributed by atoms with Crippen LogP contribution in [0.2, 0.25) is 5.02 Å². The minimum absolute atomic E-state index is 0.156. The van der Waals surface area contributed by atoms with E-state index in [-0.39, 0.29) is 11.1 Å². The zero-order valence-electron chi connectivity index (χ0n) is 7.56. The third kappa shape index (κ3) is 2.42. The van der Waals surface area contributed by atoms with E-state index in [1.54, 1.807) is 12.1 Å². The minimum Gasteiger partial charge on any atom is -0.324 e. The first-order valence-corrected chi connectivity index (χ1v) is 4.74. The lowest BCUT2D eigenvalue weighted by atomic mass is 10.0. The Labute approximate surface area is 82.7 Å². The molecule has 1 rings (SSSR count). The summed E-state index contributed by atoms with van der Waals surface area (Å²) < 4.78 is 13.0. The minimum atomic E-state index is -0.397. The zero-order valence-corrected chi connectivity index (χ0v) is 8.31. The van der Waals surface area contributed by atoms with E-state index >= 15 is 0 Å². The molecular weight excluding hydrogens is 189 g/mol. The van der Waals surface area contributed by atoms with Gasteiger partial charge in [0.05, 0.1) is 5.02 Å². The number of halogens is 2. The first-order valence-electron chi connectivity index (χ1n) is 4.36. The Bertz CT molecular complexity index is 288. The van der Waals surface area contributed by atoms with Crippen molar-refractivity contribution in [3.05, 3.63) is 34.6 Å². The third-order valence-electron chi connectivity index (χ3n) is 1.98. The van der Waals surface area contributed by atoms with Gasteiger partial charge >= 0.3 is 0 Å². The maximum absolute atomic E-state index is 13.0. The lowest BCUT2D eigenvalue weighted by Crippen LogP contribution is -2.10. The summed E-state index contributed by atoms with van der Waals surface area (Å²) >= 11 is 5.77. The molecule has 3 heteroatoms. The van der Waals surface area contributed by atoms with E-state index < -0.39 is 5.82 Å². The molecule has 0 aliphatic rings. The van der Waals surface area contributed by atoms with Gasteiger partial charge in [-0.2, -0.15) is 0 Å². The molecule has 0 heterocycles. The summed E-state index contributed by atoms with van der Waals surface area (Å²) in [7, 11) is 0. The topological polar surface area (TPSA) is 26.0 Å². The average molecular weight is 202 g/mol. The van der Waals surface area contributed by atoms with Gasteiger partial charge in [-0.25, -0.2) is 4.39 Å². The second-order valence-corrected chi connectivity index (χ2v) is 3.42. The quantitative estimate of drug-likeness (QED) is 0.798. The van der Waals surface area contributed by atoms with Crippen LogP contribution in [0.5, 0.6) is 0 Å². The zero-order chi connectivity index (χ0) is 9.84. The van der Waals surface area contributed by atoms with Crippen LogP contribution in [0.3, 0.4) is 0 Å². The van der Waals surface area contributed by atoms with Gasteiger partial charge in [0.25, 0.3) is 0 Å². The predicted molar refractivity (Wildman–Crippen MR) is 53.2 cm³/mol. The van der Waals surface area contributed by atoms with Gasteiger partial charge in [0, 0.05) is 6.04 Å². The summed E-state index contributed by atoms with van der Waals surface area (Å²) in [5.74, 6) is -0.397. The SMILES string of the molecule is CCC[C@@H](N)c1cccc(F)c1Cl. The van der Waals surface area contributed by atoms with Gasteiger partial charge in [-0.15, -0.1) is 0 Å². The summed E-state index contributed by atoms with van der Waals surface area (Å²) in [5.41, 5.74) is 6.52. The van der Waals surface area contributed by atoms with E-state index in [1.165, 1.54) is 6.07 Å². The first-order chi connectivity index (χ1) is 6.16. The van der Waals surface area contributed by atoms with Gasteiger partial charge in [0.15, 0.2) is 0 Å². The maximum atomic E-state index is 13.0. The molecule has 0 amide bonds. The maximum Gasteiger partial charge on any atom is 0.142 e. The Hall–Kier alpha value is -0.600. The highest BCUT2D eigenvalue weighted by Crippen LogP contribution is 2.26. The molecule has 0 saturated carbocycles. The molecule has 13 heavy (non-hydrogen) atoms. The predicted octanol–water partition coefficient (Wildman–Crippen LogP) is 3.28. The van der Waals surface area contributed by atoms with Gasteiger partial charge in [-0.05, 0) is 18.1 Å². The molecule has 72 valence electrons. The van der Waals surface area contributed by atoms with Crippen molar-refractivity contribution in [1.82, 2.24) is 0 Å². The van der Waals surface area contributed by atoms with Crippen molar-refractivity contribution in [3.8, 4) is 0 Å². The van der Waals surface area contributed by atoms with Crippen molar-refractivity contribution in [3.63, 3.8) is 0 Å². The van der Waals surface area contributed by atoms with E-state index in [0.29, 0.717) is 5.56 Å². The average Bonchev–Trinajstić information content (AvgIpc) is 2.10. The lowest BCUT2D eigenvalue weighted by molar-refractivity contribution is 0.606. The van der Waals surface area contributed by atoms with Crippen molar-refractivity contribution in [2.75, 3.05) is 0 Å². The van der Waals surface area contributed by atoms with Crippen LogP contribution in [-0.2, 0) is 0 Å². The van der Waals surface area contributed by atoms with Crippen molar-refractivity contribution in [2.45, 2.75) is 25.8 Å². The van der Waals surface area contributed by atoms with E-state index in [0.717, 1.165) is 12.8 Å². The Morgan fingerprint density at radius 1 is 1.54 bits per heavy atom.